The molecule has 0 aliphatic heterocycles. The van der Waals surface area contributed by atoms with Gasteiger partial charge in [-0.25, -0.2) is 4.79 Å². The minimum Gasteiger partial charge on any atom is -0.459 e. The van der Waals surface area contributed by atoms with Crippen LogP contribution in [0.5, 0.6) is 0 Å². The lowest BCUT2D eigenvalue weighted by Crippen LogP contribution is -2.29. The van der Waals surface area contributed by atoms with Crippen LogP contribution in [0.2, 0.25) is 0 Å². The van der Waals surface area contributed by atoms with Gasteiger partial charge in [-0.05, 0) is 34.9 Å². The van der Waals surface area contributed by atoms with Crippen molar-refractivity contribution in [2.24, 2.45) is 0 Å². The maximum absolute atomic E-state index is 12.1. The van der Waals surface area contributed by atoms with Crippen molar-refractivity contribution in [1.29, 1.82) is 0 Å². The van der Waals surface area contributed by atoms with Crippen LogP contribution in [-0.4, -0.2) is 17.3 Å². The first-order valence-corrected chi connectivity index (χ1v) is 7.83. The molecular weight excluding hydrogens is 326 g/mol. The molecule has 5 heteroatoms. The average Bonchev–Trinajstić information content (AvgIpc) is 2.59. The van der Waals surface area contributed by atoms with Crippen LogP contribution in [-0.2, 0) is 27.4 Å². The smallest absolute Gasteiger partial charge is 0.332 e. The van der Waals surface area contributed by atoms with Crippen LogP contribution >= 0.6 is 11.6 Å². The maximum atomic E-state index is 12.1. The molecule has 4 nitrogen and oxygen atoms in total. The van der Waals surface area contributed by atoms with E-state index in [2.05, 4.69) is 11.9 Å². The molecule has 24 heavy (non-hydrogen) atoms. The molecular formula is C19H18ClNO3. The largest absolute Gasteiger partial charge is 0.459 e. The number of nitrogens with one attached hydrogen (secondary N) is 1. The second-order valence-electron chi connectivity index (χ2n) is 5.18. The van der Waals surface area contributed by atoms with E-state index in [9.17, 15) is 9.59 Å². The van der Waals surface area contributed by atoms with E-state index in [-0.39, 0.29) is 13.0 Å². The van der Waals surface area contributed by atoms with Gasteiger partial charge in [0.05, 0.1) is 0 Å². The highest BCUT2D eigenvalue weighted by Crippen LogP contribution is 2.13. The summed E-state index contributed by atoms with van der Waals surface area (Å²) in [7, 11) is 0. The molecule has 1 N–H and O–H groups in total. The lowest BCUT2D eigenvalue weighted by Gasteiger charge is -2.15. The second kappa shape index (κ2) is 8.89. The molecule has 1 atom stereocenters. The van der Waals surface area contributed by atoms with Crippen molar-refractivity contribution in [2.75, 3.05) is 5.32 Å². The third-order valence-electron chi connectivity index (χ3n) is 3.33. The highest BCUT2D eigenvalue weighted by atomic mass is 35.5. The molecule has 0 amide bonds. The van der Waals surface area contributed by atoms with Crippen molar-refractivity contribution in [3.8, 4) is 0 Å². The molecule has 0 heterocycles. The van der Waals surface area contributed by atoms with E-state index in [0.29, 0.717) is 0 Å². The summed E-state index contributed by atoms with van der Waals surface area (Å²) in [5.74, 6) is -0.408. The van der Waals surface area contributed by atoms with E-state index in [4.69, 9.17) is 16.3 Å². The van der Waals surface area contributed by atoms with Gasteiger partial charge < -0.3 is 10.1 Å². The number of halogens is 1. The summed E-state index contributed by atoms with van der Waals surface area (Å²) in [5.41, 5.74) is 2.45. The Kier molecular flexibility index (Phi) is 6.58. The highest BCUT2D eigenvalue weighted by molar-refractivity contribution is 6.63. The summed E-state index contributed by atoms with van der Waals surface area (Å²) in [6.07, 6.45) is 1.66. The number of carbonyl (C=O) groups is 2. The van der Waals surface area contributed by atoms with Crippen molar-refractivity contribution >= 4 is 28.5 Å². The van der Waals surface area contributed by atoms with Gasteiger partial charge in [-0.3, -0.25) is 4.79 Å². The van der Waals surface area contributed by atoms with Crippen molar-refractivity contribution in [3.05, 3.63) is 78.4 Å². The van der Waals surface area contributed by atoms with Crippen molar-refractivity contribution in [1.82, 2.24) is 0 Å². The third-order valence-corrected chi connectivity index (χ3v) is 3.47. The molecule has 0 aliphatic rings. The SMILES string of the molecule is C=CC(Nc1ccc(CC(=O)Cl)cc1)C(=O)OCc1ccccc1. The van der Waals surface area contributed by atoms with Gasteiger partial charge in [0, 0.05) is 12.1 Å². The van der Waals surface area contributed by atoms with E-state index in [0.717, 1.165) is 16.8 Å². The summed E-state index contributed by atoms with van der Waals surface area (Å²) >= 11 is 5.36. The van der Waals surface area contributed by atoms with E-state index in [1.54, 1.807) is 24.3 Å². The Hall–Kier alpha value is -2.59. The lowest BCUT2D eigenvalue weighted by atomic mass is 10.1. The normalized spacial score (nSPS) is 11.4. The molecule has 0 bridgehead atoms. The first-order chi connectivity index (χ1) is 11.6. The number of ether oxygens (including phenoxy) is 1. The predicted octanol–water partition coefficient (Wildman–Crippen LogP) is 3.70. The van der Waals surface area contributed by atoms with Crippen molar-refractivity contribution in [2.45, 2.75) is 19.1 Å². The fraction of sp³-hybridized carbons (Fsp3) is 0.158. The van der Waals surface area contributed by atoms with Crippen LogP contribution in [0.4, 0.5) is 5.69 Å². The number of carbonyl (C=O) groups excluding carboxylic acids is 2. The molecule has 124 valence electrons. The second-order valence-corrected chi connectivity index (χ2v) is 5.60. The summed E-state index contributed by atoms with van der Waals surface area (Å²) in [4.78, 5) is 23.0. The predicted molar refractivity (Wildman–Crippen MR) is 94.9 cm³/mol. The highest BCUT2D eigenvalue weighted by Gasteiger charge is 2.16. The summed E-state index contributed by atoms with van der Waals surface area (Å²) in [6, 6.07) is 15.9. The van der Waals surface area contributed by atoms with Crippen molar-refractivity contribution < 1.29 is 14.3 Å². The Morgan fingerprint density at radius 2 is 1.75 bits per heavy atom. The van der Waals surface area contributed by atoms with Gasteiger partial charge in [0.1, 0.15) is 12.6 Å². The Morgan fingerprint density at radius 3 is 2.33 bits per heavy atom. The third kappa shape index (κ3) is 5.56. The zero-order valence-corrected chi connectivity index (χ0v) is 13.8. The molecule has 2 aromatic rings. The van der Waals surface area contributed by atoms with Crippen LogP contribution < -0.4 is 5.32 Å². The molecule has 0 radical (unpaired) electrons. The van der Waals surface area contributed by atoms with Gasteiger partial charge in [0.25, 0.3) is 0 Å². The molecule has 0 aromatic heterocycles. The molecule has 0 aliphatic carbocycles. The van der Waals surface area contributed by atoms with Gasteiger partial charge in [0.15, 0.2) is 0 Å². The van der Waals surface area contributed by atoms with Crippen molar-refractivity contribution in [3.63, 3.8) is 0 Å². The number of esters is 1. The van der Waals surface area contributed by atoms with Crippen LogP contribution in [0.15, 0.2) is 67.3 Å². The minimum atomic E-state index is -0.658. The summed E-state index contributed by atoms with van der Waals surface area (Å²) < 4.78 is 5.29. The van der Waals surface area contributed by atoms with Crippen LogP contribution in [0.3, 0.4) is 0 Å². The number of hydrogen-bond donors (Lipinski definition) is 1. The Balaban J connectivity index is 1.92. The standard InChI is InChI=1S/C19H18ClNO3/c1-2-17(19(23)24-13-15-6-4-3-5-7-15)21-16-10-8-14(9-11-16)12-18(20)22/h2-11,17,21H,1,12-13H2. The summed E-state index contributed by atoms with van der Waals surface area (Å²) in [5, 5.41) is 2.62. The fourth-order valence-corrected chi connectivity index (χ4v) is 2.25. The van der Waals surface area contributed by atoms with Gasteiger partial charge in [0.2, 0.25) is 5.24 Å². The molecule has 2 aromatic carbocycles. The molecule has 2 rings (SSSR count). The zero-order valence-electron chi connectivity index (χ0n) is 13.1. The van der Waals surface area contributed by atoms with Gasteiger partial charge in [-0.1, -0.05) is 48.5 Å². The van der Waals surface area contributed by atoms with E-state index in [1.165, 1.54) is 6.08 Å². The van der Waals surface area contributed by atoms with Crippen LogP contribution in [0, 0.1) is 0 Å². The molecule has 0 spiro atoms. The molecule has 0 fully saturated rings. The zero-order chi connectivity index (χ0) is 17.4. The quantitative estimate of drug-likeness (QED) is 0.451. The first-order valence-electron chi connectivity index (χ1n) is 7.45. The minimum absolute atomic E-state index is 0.172. The van der Waals surface area contributed by atoms with Gasteiger partial charge in [-0.15, -0.1) is 6.58 Å². The average molecular weight is 344 g/mol. The lowest BCUT2D eigenvalue weighted by molar-refractivity contribution is -0.144. The van der Waals surface area contributed by atoms with E-state index in [1.807, 2.05) is 30.3 Å². The first kappa shape index (κ1) is 17.8. The summed E-state index contributed by atoms with van der Waals surface area (Å²) in [6.45, 7) is 3.88. The monoisotopic (exact) mass is 343 g/mol. The van der Waals surface area contributed by atoms with E-state index < -0.39 is 17.3 Å². The number of anilines is 1. The number of hydrogen-bond acceptors (Lipinski definition) is 4. The molecule has 1 unspecified atom stereocenters. The van der Waals surface area contributed by atoms with Gasteiger partial charge >= 0.3 is 5.97 Å². The Bertz CT molecular complexity index is 698. The topological polar surface area (TPSA) is 55.4 Å². The Labute approximate surface area is 146 Å². The maximum Gasteiger partial charge on any atom is 0.332 e. The van der Waals surface area contributed by atoms with E-state index >= 15 is 0 Å². The number of rotatable bonds is 8. The van der Waals surface area contributed by atoms with Gasteiger partial charge in [-0.2, -0.15) is 0 Å². The molecule has 0 saturated carbocycles. The Morgan fingerprint density at radius 1 is 1.08 bits per heavy atom. The van der Waals surface area contributed by atoms with Crippen LogP contribution in [0.25, 0.3) is 0 Å². The molecule has 0 saturated heterocycles. The van der Waals surface area contributed by atoms with Crippen LogP contribution in [0.1, 0.15) is 11.1 Å². The number of benzene rings is 2. The fourth-order valence-electron chi connectivity index (χ4n) is 2.09.